The summed E-state index contributed by atoms with van der Waals surface area (Å²) in [7, 11) is 1.65. The Morgan fingerprint density at radius 3 is 2.89 bits per heavy atom. The lowest BCUT2D eigenvalue weighted by atomic mass is 9.87. The zero-order valence-electron chi connectivity index (χ0n) is 20.9. The predicted molar refractivity (Wildman–Crippen MR) is 140 cm³/mol. The van der Waals surface area contributed by atoms with Crippen LogP contribution in [0.25, 0.3) is 5.57 Å². The third-order valence-electron chi connectivity index (χ3n) is 6.23. The van der Waals surface area contributed by atoms with E-state index in [0.29, 0.717) is 13.0 Å². The lowest BCUT2D eigenvalue weighted by molar-refractivity contribution is 0.0470. The topological polar surface area (TPSA) is 82.3 Å². The molecule has 2 aliphatic rings. The molecule has 1 aliphatic carbocycles. The number of nitrogens with one attached hydrogen (secondary N) is 1. The molecule has 188 valence electrons. The molecule has 7 nitrogen and oxygen atoms in total. The number of carbonyl (C=O) groups is 1. The van der Waals surface area contributed by atoms with Crippen LogP contribution < -0.4 is 10.1 Å². The second-order valence-electron chi connectivity index (χ2n) is 8.88. The molecule has 2 aromatic rings. The molecule has 1 amide bonds. The third kappa shape index (κ3) is 5.97. The lowest BCUT2D eigenvalue weighted by Gasteiger charge is -2.20. The van der Waals surface area contributed by atoms with Gasteiger partial charge in [-0.2, -0.15) is 0 Å². The quantitative estimate of drug-likeness (QED) is 0.438. The SMILES string of the molecule is C=CC=C(C)c1ccccc1OCC1CC(CNC(=O)c2ccc(C3C=CC(OC)=CC3C)o2)=NO1. The van der Waals surface area contributed by atoms with Gasteiger partial charge in [-0.05, 0) is 48.8 Å². The molecule has 3 atom stereocenters. The van der Waals surface area contributed by atoms with Crippen LogP contribution >= 0.6 is 0 Å². The molecular weight excluding hydrogens is 456 g/mol. The van der Waals surface area contributed by atoms with Crippen LogP contribution in [0.4, 0.5) is 0 Å². The Morgan fingerprint density at radius 1 is 1.28 bits per heavy atom. The maximum absolute atomic E-state index is 12.6. The van der Waals surface area contributed by atoms with Crippen LogP contribution in [0.3, 0.4) is 0 Å². The maximum atomic E-state index is 12.6. The Kier molecular flexibility index (Phi) is 8.10. The van der Waals surface area contributed by atoms with Gasteiger partial charge in [-0.25, -0.2) is 0 Å². The van der Waals surface area contributed by atoms with Gasteiger partial charge in [-0.3, -0.25) is 4.79 Å². The number of methoxy groups -OCH3 is 1. The smallest absolute Gasteiger partial charge is 0.287 e. The second kappa shape index (κ2) is 11.6. The van der Waals surface area contributed by atoms with E-state index in [0.717, 1.165) is 34.1 Å². The minimum atomic E-state index is -0.289. The Labute approximate surface area is 211 Å². The van der Waals surface area contributed by atoms with Gasteiger partial charge in [0.05, 0.1) is 19.4 Å². The highest BCUT2D eigenvalue weighted by Crippen LogP contribution is 2.33. The number of allylic oxidation sites excluding steroid dienone is 6. The first-order valence-corrected chi connectivity index (χ1v) is 12.0. The van der Waals surface area contributed by atoms with Gasteiger partial charge in [0.1, 0.15) is 23.9 Å². The standard InChI is InChI=1S/C29H32N2O5/c1-5-8-19(2)24-9-6-7-10-26(24)34-18-23-16-21(31-36-23)17-30-29(32)28-14-13-27(35-28)25-12-11-22(33-4)15-20(25)3/h5-15,20,23,25H,1,16-18H2,2-4H3,(H,30,32). The highest BCUT2D eigenvalue weighted by molar-refractivity contribution is 5.96. The average Bonchev–Trinajstić information content (AvgIpc) is 3.56. The summed E-state index contributed by atoms with van der Waals surface area (Å²) in [6, 6.07) is 11.4. The molecule has 0 saturated carbocycles. The van der Waals surface area contributed by atoms with Gasteiger partial charge in [0.15, 0.2) is 11.9 Å². The van der Waals surface area contributed by atoms with Crippen molar-refractivity contribution in [3.05, 3.63) is 96.2 Å². The minimum Gasteiger partial charge on any atom is -0.497 e. The monoisotopic (exact) mass is 488 g/mol. The number of hydrogen-bond acceptors (Lipinski definition) is 6. The van der Waals surface area contributed by atoms with E-state index in [2.05, 4.69) is 24.0 Å². The van der Waals surface area contributed by atoms with E-state index < -0.39 is 0 Å². The normalized spacial score (nSPS) is 21.3. The van der Waals surface area contributed by atoms with Crippen molar-refractivity contribution in [3.8, 4) is 5.75 Å². The van der Waals surface area contributed by atoms with Crippen LogP contribution in [0.15, 0.2) is 88.7 Å². The summed E-state index contributed by atoms with van der Waals surface area (Å²) in [4.78, 5) is 18.2. The number of furan rings is 1. The van der Waals surface area contributed by atoms with Gasteiger partial charge in [-0.1, -0.05) is 55.1 Å². The number of amides is 1. The largest absolute Gasteiger partial charge is 0.497 e. The summed E-state index contributed by atoms with van der Waals surface area (Å²) in [5.41, 5.74) is 2.83. The molecule has 2 heterocycles. The number of para-hydroxylation sites is 1. The van der Waals surface area contributed by atoms with Gasteiger partial charge in [0.2, 0.25) is 0 Å². The molecule has 0 saturated heterocycles. The number of oxime groups is 1. The first kappa shape index (κ1) is 25.1. The summed E-state index contributed by atoms with van der Waals surface area (Å²) >= 11 is 0. The number of benzene rings is 1. The van der Waals surface area contributed by atoms with Crippen molar-refractivity contribution in [1.82, 2.24) is 5.32 Å². The summed E-state index contributed by atoms with van der Waals surface area (Å²) in [6.07, 6.45) is 10.1. The molecule has 0 spiro atoms. The Balaban J connectivity index is 1.25. The second-order valence-corrected chi connectivity index (χ2v) is 8.88. The fraction of sp³-hybridized carbons (Fsp3) is 0.310. The maximum Gasteiger partial charge on any atom is 0.287 e. The van der Waals surface area contributed by atoms with E-state index in [-0.39, 0.29) is 36.2 Å². The summed E-state index contributed by atoms with van der Waals surface area (Å²) in [5.74, 6) is 2.59. The molecule has 0 fully saturated rings. The number of nitrogens with zero attached hydrogens (tertiary/aromatic N) is 1. The molecule has 1 aromatic heterocycles. The van der Waals surface area contributed by atoms with Gasteiger partial charge < -0.3 is 24.0 Å². The number of hydrogen-bond donors (Lipinski definition) is 1. The Morgan fingerprint density at radius 2 is 2.11 bits per heavy atom. The molecule has 1 N–H and O–H groups in total. The zero-order chi connectivity index (χ0) is 25.5. The number of rotatable bonds is 10. The minimum absolute atomic E-state index is 0.0556. The highest BCUT2D eigenvalue weighted by Gasteiger charge is 2.25. The fourth-order valence-corrected chi connectivity index (χ4v) is 4.25. The van der Waals surface area contributed by atoms with Crippen molar-refractivity contribution in [1.29, 1.82) is 0 Å². The van der Waals surface area contributed by atoms with Gasteiger partial charge >= 0.3 is 0 Å². The van der Waals surface area contributed by atoms with Crippen molar-refractivity contribution < 1.29 is 23.5 Å². The number of ether oxygens (including phenoxy) is 2. The predicted octanol–water partition coefficient (Wildman–Crippen LogP) is 5.64. The van der Waals surface area contributed by atoms with Crippen molar-refractivity contribution in [2.24, 2.45) is 11.1 Å². The Bertz CT molecular complexity index is 1220. The molecular formula is C29H32N2O5. The first-order valence-electron chi connectivity index (χ1n) is 12.0. The van der Waals surface area contributed by atoms with Crippen LogP contribution in [-0.2, 0) is 9.57 Å². The van der Waals surface area contributed by atoms with Crippen LogP contribution in [-0.4, -0.2) is 38.0 Å². The highest BCUT2D eigenvalue weighted by atomic mass is 16.7. The van der Waals surface area contributed by atoms with Crippen molar-refractivity contribution in [3.63, 3.8) is 0 Å². The number of carbonyl (C=O) groups excluding carboxylic acids is 1. The van der Waals surface area contributed by atoms with Crippen molar-refractivity contribution in [2.75, 3.05) is 20.3 Å². The first-order chi connectivity index (χ1) is 17.5. The zero-order valence-corrected chi connectivity index (χ0v) is 20.9. The van der Waals surface area contributed by atoms with Crippen molar-refractivity contribution in [2.45, 2.75) is 32.3 Å². The van der Waals surface area contributed by atoms with Crippen LogP contribution in [0, 0.1) is 5.92 Å². The van der Waals surface area contributed by atoms with E-state index >= 15 is 0 Å². The van der Waals surface area contributed by atoms with E-state index in [1.54, 1.807) is 19.3 Å². The third-order valence-corrected chi connectivity index (χ3v) is 6.23. The van der Waals surface area contributed by atoms with Crippen LogP contribution in [0.2, 0.25) is 0 Å². The van der Waals surface area contributed by atoms with E-state index in [1.807, 2.05) is 61.6 Å². The van der Waals surface area contributed by atoms with Crippen LogP contribution in [0.1, 0.15) is 48.1 Å². The van der Waals surface area contributed by atoms with E-state index in [9.17, 15) is 4.79 Å². The molecule has 1 aromatic carbocycles. The van der Waals surface area contributed by atoms with Crippen LogP contribution in [0.5, 0.6) is 5.75 Å². The van der Waals surface area contributed by atoms with Gasteiger partial charge in [0, 0.05) is 17.9 Å². The summed E-state index contributed by atoms with van der Waals surface area (Å²) < 4.78 is 17.2. The van der Waals surface area contributed by atoms with E-state index in [4.69, 9.17) is 18.7 Å². The molecule has 0 bridgehead atoms. The molecule has 7 heteroatoms. The van der Waals surface area contributed by atoms with E-state index in [1.165, 1.54) is 0 Å². The fourth-order valence-electron chi connectivity index (χ4n) is 4.25. The molecule has 0 radical (unpaired) electrons. The average molecular weight is 489 g/mol. The van der Waals surface area contributed by atoms with Gasteiger partial charge in [-0.15, -0.1) is 0 Å². The molecule has 3 unspecified atom stereocenters. The lowest BCUT2D eigenvalue weighted by Crippen LogP contribution is -2.29. The van der Waals surface area contributed by atoms with Gasteiger partial charge in [0.25, 0.3) is 5.91 Å². The summed E-state index contributed by atoms with van der Waals surface area (Å²) in [5, 5.41) is 6.99. The molecule has 36 heavy (non-hydrogen) atoms. The Hall–Kier alpha value is -4.00. The van der Waals surface area contributed by atoms with Crippen molar-refractivity contribution >= 4 is 17.2 Å². The molecule has 1 aliphatic heterocycles. The molecule has 4 rings (SSSR count). The summed E-state index contributed by atoms with van der Waals surface area (Å²) in [6.45, 7) is 8.50.